The molecule has 4 unspecified atom stereocenters. The zero-order chi connectivity index (χ0) is 23.4. The fourth-order valence-electron chi connectivity index (χ4n) is 2.32. The van der Waals surface area contributed by atoms with Gasteiger partial charge in [0.1, 0.15) is 18.1 Å². The molecule has 0 saturated heterocycles. The van der Waals surface area contributed by atoms with Gasteiger partial charge in [-0.1, -0.05) is 13.8 Å². The van der Waals surface area contributed by atoms with E-state index in [4.69, 9.17) is 21.1 Å². The highest BCUT2D eigenvalue weighted by Gasteiger charge is 2.30. The Morgan fingerprint density at radius 2 is 1.27 bits per heavy atom. The molecule has 0 rings (SSSR count). The van der Waals surface area contributed by atoms with Crippen molar-refractivity contribution in [3.63, 3.8) is 0 Å². The maximum atomic E-state index is 12.4. The zero-order valence-corrected chi connectivity index (χ0v) is 16.8. The van der Waals surface area contributed by atoms with E-state index in [1.807, 2.05) is 0 Å². The van der Waals surface area contributed by atoms with Gasteiger partial charge in [-0.3, -0.25) is 19.2 Å². The predicted octanol–water partition coefficient (Wildman–Crippen LogP) is -3.25. The Hall–Kier alpha value is -2.77. The van der Waals surface area contributed by atoms with E-state index >= 15 is 0 Å². The Bertz CT molecular complexity index is 626. The molecule has 0 aliphatic carbocycles. The van der Waals surface area contributed by atoms with Crippen LogP contribution in [0.3, 0.4) is 0 Å². The van der Waals surface area contributed by atoms with Gasteiger partial charge in [0.25, 0.3) is 0 Å². The summed E-state index contributed by atoms with van der Waals surface area (Å²) >= 11 is 0. The van der Waals surface area contributed by atoms with Crippen LogP contribution in [0.5, 0.6) is 0 Å². The number of aliphatic hydroxyl groups excluding tert-OH is 2. The summed E-state index contributed by atoms with van der Waals surface area (Å²) in [5, 5.41) is 42.6. The highest BCUT2D eigenvalue weighted by molar-refractivity contribution is 5.94. The smallest absolute Gasteiger partial charge is 0.328 e. The molecular formula is C17H30N4O9. The highest BCUT2D eigenvalue weighted by atomic mass is 16.4. The Labute approximate surface area is 173 Å². The number of aliphatic hydroxyl groups is 2. The van der Waals surface area contributed by atoms with Gasteiger partial charge < -0.3 is 42.1 Å². The number of carboxylic acids is 2. The molecule has 13 heteroatoms. The first-order valence-electron chi connectivity index (χ1n) is 9.25. The van der Waals surface area contributed by atoms with Gasteiger partial charge in [-0.05, 0) is 18.8 Å². The van der Waals surface area contributed by atoms with Crippen molar-refractivity contribution in [1.29, 1.82) is 0 Å². The molecule has 172 valence electrons. The number of nitrogens with two attached hydrogens (primary N) is 1. The van der Waals surface area contributed by atoms with Crippen molar-refractivity contribution in [2.24, 2.45) is 11.7 Å². The second kappa shape index (κ2) is 13.5. The first-order chi connectivity index (χ1) is 13.9. The van der Waals surface area contributed by atoms with Crippen LogP contribution in [0.2, 0.25) is 0 Å². The van der Waals surface area contributed by atoms with E-state index < -0.39 is 67.0 Å². The van der Waals surface area contributed by atoms with Crippen molar-refractivity contribution < 1.29 is 44.4 Å². The van der Waals surface area contributed by atoms with Crippen LogP contribution in [-0.4, -0.2) is 87.5 Å². The number of aliphatic carboxylic acids is 2. The lowest BCUT2D eigenvalue weighted by Gasteiger charge is -2.25. The summed E-state index contributed by atoms with van der Waals surface area (Å²) in [6.07, 6.45) is -0.437. The first-order valence-corrected chi connectivity index (χ1v) is 9.25. The molecule has 3 amide bonds. The molecule has 13 nitrogen and oxygen atoms in total. The van der Waals surface area contributed by atoms with Crippen LogP contribution in [0.25, 0.3) is 0 Å². The maximum absolute atomic E-state index is 12.4. The number of amides is 3. The molecule has 0 aromatic heterocycles. The molecule has 0 saturated carbocycles. The normalized spacial score (nSPS) is 14.9. The van der Waals surface area contributed by atoms with Crippen LogP contribution in [0.15, 0.2) is 0 Å². The number of carboxylic acid groups (broad SMARTS) is 2. The quantitative estimate of drug-likeness (QED) is 0.136. The van der Waals surface area contributed by atoms with Crippen molar-refractivity contribution in [3.8, 4) is 0 Å². The third-order valence-corrected chi connectivity index (χ3v) is 3.96. The minimum Gasteiger partial charge on any atom is -0.481 e. The predicted molar refractivity (Wildman–Crippen MR) is 102 cm³/mol. The number of rotatable bonds is 14. The summed E-state index contributed by atoms with van der Waals surface area (Å²) in [4.78, 5) is 58.3. The summed E-state index contributed by atoms with van der Waals surface area (Å²) in [5.41, 5.74) is 5.55. The molecular weight excluding hydrogens is 404 g/mol. The van der Waals surface area contributed by atoms with Gasteiger partial charge in [0.05, 0.1) is 19.3 Å². The second-order valence-corrected chi connectivity index (χ2v) is 7.06. The Kier molecular flexibility index (Phi) is 12.2. The van der Waals surface area contributed by atoms with Crippen LogP contribution >= 0.6 is 0 Å². The van der Waals surface area contributed by atoms with E-state index in [0.717, 1.165) is 0 Å². The molecule has 0 spiro atoms. The van der Waals surface area contributed by atoms with Gasteiger partial charge in [-0.15, -0.1) is 0 Å². The number of hydrogen-bond donors (Lipinski definition) is 8. The lowest BCUT2D eigenvalue weighted by atomic mass is 10.0. The highest BCUT2D eigenvalue weighted by Crippen LogP contribution is 2.06. The average Bonchev–Trinajstić information content (AvgIpc) is 2.66. The monoisotopic (exact) mass is 434 g/mol. The molecule has 0 fully saturated rings. The molecule has 0 bridgehead atoms. The number of nitrogens with one attached hydrogen (secondary N) is 3. The van der Waals surface area contributed by atoms with Gasteiger partial charge in [0, 0.05) is 6.42 Å². The van der Waals surface area contributed by atoms with Gasteiger partial charge in [-0.25, -0.2) is 4.79 Å². The fourth-order valence-corrected chi connectivity index (χ4v) is 2.32. The number of carbonyl (C=O) groups is 5. The number of carbonyl (C=O) groups excluding carboxylic acids is 3. The van der Waals surface area contributed by atoms with Crippen LogP contribution in [0.1, 0.15) is 33.1 Å². The minimum atomic E-state index is -1.57. The molecule has 30 heavy (non-hydrogen) atoms. The maximum Gasteiger partial charge on any atom is 0.328 e. The summed E-state index contributed by atoms with van der Waals surface area (Å²) < 4.78 is 0. The lowest BCUT2D eigenvalue weighted by molar-refractivity contribution is -0.143. The van der Waals surface area contributed by atoms with Crippen molar-refractivity contribution >= 4 is 29.7 Å². The third kappa shape index (κ3) is 10.1. The van der Waals surface area contributed by atoms with Crippen LogP contribution in [0.4, 0.5) is 0 Å². The van der Waals surface area contributed by atoms with Crippen LogP contribution in [0, 0.1) is 5.92 Å². The summed E-state index contributed by atoms with van der Waals surface area (Å²) in [7, 11) is 0. The molecule has 0 aromatic rings. The van der Waals surface area contributed by atoms with Gasteiger partial charge in [-0.2, -0.15) is 0 Å². The molecule has 9 N–H and O–H groups in total. The number of hydrogen-bond acceptors (Lipinski definition) is 8. The van der Waals surface area contributed by atoms with E-state index in [-0.39, 0.29) is 25.2 Å². The SMILES string of the molecule is CC(C)CC(NC(=O)C(CO)NC(=O)C(N)CCC(=O)O)C(=O)NC(CO)C(=O)O. The van der Waals surface area contributed by atoms with E-state index in [9.17, 15) is 29.1 Å². The molecule has 0 aliphatic heterocycles. The average molecular weight is 434 g/mol. The Morgan fingerprint density at radius 1 is 0.800 bits per heavy atom. The van der Waals surface area contributed by atoms with E-state index in [1.54, 1.807) is 13.8 Å². The second-order valence-electron chi connectivity index (χ2n) is 7.06. The van der Waals surface area contributed by atoms with Crippen molar-refractivity contribution in [3.05, 3.63) is 0 Å². The Balaban J connectivity index is 5.12. The van der Waals surface area contributed by atoms with E-state index in [2.05, 4.69) is 16.0 Å². The van der Waals surface area contributed by atoms with Crippen molar-refractivity contribution in [2.45, 2.75) is 57.3 Å². The Morgan fingerprint density at radius 3 is 1.70 bits per heavy atom. The largest absolute Gasteiger partial charge is 0.481 e. The van der Waals surface area contributed by atoms with Gasteiger partial charge in [0.15, 0.2) is 0 Å². The standard InChI is InChI=1S/C17H30N4O9/c1-8(2)5-10(15(27)21-12(7-23)17(29)30)19-16(28)11(6-22)20-14(26)9(18)3-4-13(24)25/h8-12,22-23H,3-7,18H2,1-2H3,(H,19,28)(H,20,26)(H,21,27)(H,24,25)(H,29,30). The molecule has 0 aliphatic rings. The van der Waals surface area contributed by atoms with Gasteiger partial charge in [0.2, 0.25) is 17.7 Å². The molecule has 0 radical (unpaired) electrons. The molecule has 0 heterocycles. The van der Waals surface area contributed by atoms with Crippen molar-refractivity contribution in [2.75, 3.05) is 13.2 Å². The van der Waals surface area contributed by atoms with Crippen LogP contribution < -0.4 is 21.7 Å². The van der Waals surface area contributed by atoms with E-state index in [1.165, 1.54) is 0 Å². The molecule has 4 atom stereocenters. The summed E-state index contributed by atoms with van der Waals surface area (Å²) in [5.74, 6) is -5.35. The van der Waals surface area contributed by atoms with E-state index in [0.29, 0.717) is 0 Å². The third-order valence-electron chi connectivity index (χ3n) is 3.96. The molecule has 0 aromatic carbocycles. The lowest BCUT2D eigenvalue weighted by Crippen LogP contribution is -2.58. The first kappa shape index (κ1) is 27.2. The van der Waals surface area contributed by atoms with Crippen LogP contribution in [-0.2, 0) is 24.0 Å². The minimum absolute atomic E-state index is 0.0925. The summed E-state index contributed by atoms with van der Waals surface area (Å²) in [6.45, 7) is 1.82. The summed E-state index contributed by atoms with van der Waals surface area (Å²) in [6, 6.07) is -5.45. The van der Waals surface area contributed by atoms with Gasteiger partial charge >= 0.3 is 11.9 Å². The fraction of sp³-hybridized carbons (Fsp3) is 0.706. The zero-order valence-electron chi connectivity index (χ0n) is 16.8. The van der Waals surface area contributed by atoms with Crippen molar-refractivity contribution in [1.82, 2.24) is 16.0 Å². The topological polar surface area (TPSA) is 228 Å².